The van der Waals surface area contributed by atoms with Gasteiger partial charge in [-0.25, -0.2) is 4.98 Å². The van der Waals surface area contributed by atoms with Crippen LogP contribution in [-0.2, 0) is 4.74 Å². The Morgan fingerprint density at radius 3 is 3.05 bits per heavy atom. The Labute approximate surface area is 134 Å². The summed E-state index contributed by atoms with van der Waals surface area (Å²) in [7, 11) is 0. The molecule has 22 heavy (non-hydrogen) atoms. The molecule has 0 spiro atoms. The zero-order chi connectivity index (χ0) is 15.5. The van der Waals surface area contributed by atoms with E-state index in [1.54, 1.807) is 6.07 Å². The first-order valence-corrected chi connectivity index (χ1v) is 7.66. The van der Waals surface area contributed by atoms with Crippen LogP contribution in [0, 0.1) is 6.92 Å². The molecule has 2 heterocycles. The highest BCUT2D eigenvalue weighted by Gasteiger charge is 2.26. The summed E-state index contributed by atoms with van der Waals surface area (Å²) in [6.45, 7) is 4.37. The van der Waals surface area contributed by atoms with E-state index in [1.807, 2.05) is 25.1 Å². The first kappa shape index (κ1) is 15.4. The van der Waals surface area contributed by atoms with Crippen molar-refractivity contribution in [2.45, 2.75) is 19.1 Å². The van der Waals surface area contributed by atoms with Crippen LogP contribution in [0.25, 0.3) is 0 Å². The highest BCUT2D eigenvalue weighted by molar-refractivity contribution is 6.31. The number of aromatic amines is 1. The second-order valence-corrected chi connectivity index (χ2v) is 5.84. The Kier molecular flexibility index (Phi) is 4.73. The number of hydrogen-bond acceptors (Lipinski definition) is 5. The molecule has 2 atom stereocenters. The van der Waals surface area contributed by atoms with E-state index >= 15 is 0 Å². The summed E-state index contributed by atoms with van der Waals surface area (Å²) < 4.78 is 5.72. The molecule has 2 N–H and O–H groups in total. The molecule has 0 unspecified atom stereocenters. The highest BCUT2D eigenvalue weighted by Crippen LogP contribution is 2.25. The molecule has 1 saturated heterocycles. The number of benzene rings is 1. The van der Waals surface area contributed by atoms with Crippen LogP contribution in [-0.4, -0.2) is 51.4 Å². The van der Waals surface area contributed by atoms with Crippen molar-refractivity contribution in [3.8, 4) is 0 Å². The molecule has 1 fully saturated rings. The molecular formula is C15H19ClN4O2. The SMILES string of the molecule is Cc1nc([C@H]2CN(C[C@H](O)c3ccccc3Cl)CCO2)n[nH]1. The third-order valence-corrected chi connectivity index (χ3v) is 4.09. The van der Waals surface area contributed by atoms with Crippen LogP contribution in [0.4, 0.5) is 0 Å². The van der Waals surface area contributed by atoms with E-state index in [-0.39, 0.29) is 6.10 Å². The van der Waals surface area contributed by atoms with Gasteiger partial charge in [0, 0.05) is 30.2 Å². The first-order valence-electron chi connectivity index (χ1n) is 7.29. The fraction of sp³-hybridized carbons (Fsp3) is 0.467. The van der Waals surface area contributed by atoms with Crippen LogP contribution in [0.3, 0.4) is 0 Å². The number of halogens is 1. The maximum atomic E-state index is 10.4. The molecule has 1 aliphatic heterocycles. The lowest BCUT2D eigenvalue weighted by molar-refractivity contribution is -0.0460. The van der Waals surface area contributed by atoms with Gasteiger partial charge in [0.05, 0.1) is 12.7 Å². The van der Waals surface area contributed by atoms with E-state index in [2.05, 4.69) is 20.1 Å². The molecule has 0 amide bonds. The number of β-amino-alcohol motifs (C(OH)–C–C–N with tert-alkyl or cyclic N) is 1. The third-order valence-electron chi connectivity index (χ3n) is 3.75. The zero-order valence-corrected chi connectivity index (χ0v) is 13.1. The van der Waals surface area contributed by atoms with Crippen LogP contribution >= 0.6 is 11.6 Å². The summed E-state index contributed by atoms with van der Waals surface area (Å²) >= 11 is 6.14. The number of aliphatic hydroxyl groups excluding tert-OH is 1. The van der Waals surface area contributed by atoms with Gasteiger partial charge in [-0.3, -0.25) is 10.00 Å². The van der Waals surface area contributed by atoms with Gasteiger partial charge in [-0.05, 0) is 13.0 Å². The van der Waals surface area contributed by atoms with Crippen molar-refractivity contribution in [1.29, 1.82) is 0 Å². The molecule has 118 valence electrons. The van der Waals surface area contributed by atoms with Crippen LogP contribution in [0.1, 0.15) is 29.4 Å². The molecular weight excluding hydrogens is 304 g/mol. The van der Waals surface area contributed by atoms with Crippen LogP contribution in [0.5, 0.6) is 0 Å². The van der Waals surface area contributed by atoms with Gasteiger partial charge in [0.15, 0.2) is 5.82 Å². The Balaban J connectivity index is 1.64. The number of hydrogen-bond donors (Lipinski definition) is 2. The van der Waals surface area contributed by atoms with Gasteiger partial charge in [0.1, 0.15) is 11.9 Å². The molecule has 7 heteroatoms. The summed E-state index contributed by atoms with van der Waals surface area (Å²) in [6, 6.07) is 7.38. The molecule has 3 rings (SSSR count). The van der Waals surface area contributed by atoms with Crippen molar-refractivity contribution < 1.29 is 9.84 Å². The number of aliphatic hydroxyl groups is 1. The molecule has 0 saturated carbocycles. The lowest BCUT2D eigenvalue weighted by Crippen LogP contribution is -2.40. The van der Waals surface area contributed by atoms with Gasteiger partial charge in [-0.15, -0.1) is 0 Å². The second-order valence-electron chi connectivity index (χ2n) is 5.44. The molecule has 1 aromatic carbocycles. The van der Waals surface area contributed by atoms with Gasteiger partial charge >= 0.3 is 0 Å². The van der Waals surface area contributed by atoms with Crippen molar-refractivity contribution in [2.24, 2.45) is 0 Å². The largest absolute Gasteiger partial charge is 0.387 e. The Hall–Kier alpha value is -1.47. The van der Waals surface area contributed by atoms with E-state index in [4.69, 9.17) is 16.3 Å². The zero-order valence-electron chi connectivity index (χ0n) is 12.4. The van der Waals surface area contributed by atoms with E-state index in [0.29, 0.717) is 30.5 Å². The van der Waals surface area contributed by atoms with E-state index < -0.39 is 6.10 Å². The Morgan fingerprint density at radius 2 is 2.32 bits per heavy atom. The predicted octanol–water partition coefficient (Wildman–Crippen LogP) is 1.87. The molecule has 0 radical (unpaired) electrons. The van der Waals surface area contributed by atoms with Gasteiger partial charge in [0.2, 0.25) is 0 Å². The predicted molar refractivity (Wildman–Crippen MR) is 82.7 cm³/mol. The standard InChI is InChI=1S/C15H19ClN4O2/c1-10-17-15(19-18-10)14-9-20(6-7-22-14)8-13(21)11-4-2-3-5-12(11)16/h2-5,13-14,21H,6-9H2,1H3,(H,17,18,19)/t13-,14+/m0/s1. The van der Waals surface area contributed by atoms with Gasteiger partial charge < -0.3 is 9.84 Å². The van der Waals surface area contributed by atoms with Crippen molar-refractivity contribution in [3.05, 3.63) is 46.5 Å². The summed E-state index contributed by atoms with van der Waals surface area (Å²) in [4.78, 5) is 6.46. The number of H-pyrrole nitrogens is 1. The number of morpholine rings is 1. The van der Waals surface area contributed by atoms with Gasteiger partial charge in [-0.2, -0.15) is 5.10 Å². The minimum absolute atomic E-state index is 0.169. The maximum absolute atomic E-state index is 10.4. The minimum atomic E-state index is -0.624. The van der Waals surface area contributed by atoms with Crippen molar-refractivity contribution in [3.63, 3.8) is 0 Å². The fourth-order valence-corrected chi connectivity index (χ4v) is 2.88. The van der Waals surface area contributed by atoms with Gasteiger partial charge in [-0.1, -0.05) is 29.8 Å². The monoisotopic (exact) mass is 322 g/mol. The summed E-state index contributed by atoms with van der Waals surface area (Å²) in [5.41, 5.74) is 0.751. The molecule has 1 aliphatic rings. The molecule has 0 bridgehead atoms. The molecule has 2 aromatic rings. The Morgan fingerprint density at radius 1 is 1.50 bits per heavy atom. The molecule has 6 nitrogen and oxygen atoms in total. The number of nitrogens with one attached hydrogen (secondary N) is 1. The number of aryl methyl sites for hydroxylation is 1. The number of nitrogens with zero attached hydrogens (tertiary/aromatic N) is 3. The van der Waals surface area contributed by atoms with Crippen LogP contribution in [0.2, 0.25) is 5.02 Å². The van der Waals surface area contributed by atoms with Crippen LogP contribution < -0.4 is 0 Å². The Bertz CT molecular complexity index is 634. The van der Waals surface area contributed by atoms with E-state index in [0.717, 1.165) is 17.9 Å². The average molecular weight is 323 g/mol. The first-order chi connectivity index (χ1) is 10.6. The van der Waals surface area contributed by atoms with Crippen molar-refractivity contribution >= 4 is 11.6 Å². The minimum Gasteiger partial charge on any atom is -0.387 e. The molecule has 1 aromatic heterocycles. The lowest BCUT2D eigenvalue weighted by atomic mass is 10.1. The maximum Gasteiger partial charge on any atom is 0.180 e. The quantitative estimate of drug-likeness (QED) is 0.899. The third kappa shape index (κ3) is 3.47. The topological polar surface area (TPSA) is 74.3 Å². The van der Waals surface area contributed by atoms with E-state index in [9.17, 15) is 5.11 Å². The molecule has 0 aliphatic carbocycles. The normalized spacial score (nSPS) is 21.0. The van der Waals surface area contributed by atoms with Gasteiger partial charge in [0.25, 0.3) is 0 Å². The van der Waals surface area contributed by atoms with E-state index in [1.165, 1.54) is 0 Å². The number of aromatic nitrogens is 3. The summed E-state index contributed by atoms with van der Waals surface area (Å²) in [5, 5.41) is 18.0. The summed E-state index contributed by atoms with van der Waals surface area (Å²) in [6.07, 6.45) is -0.793. The fourth-order valence-electron chi connectivity index (χ4n) is 2.62. The summed E-state index contributed by atoms with van der Waals surface area (Å²) in [5.74, 6) is 1.43. The number of rotatable bonds is 4. The lowest BCUT2D eigenvalue weighted by Gasteiger charge is -2.33. The second kappa shape index (κ2) is 6.75. The number of ether oxygens (including phenoxy) is 1. The highest BCUT2D eigenvalue weighted by atomic mass is 35.5. The average Bonchev–Trinajstić information content (AvgIpc) is 2.94. The smallest absolute Gasteiger partial charge is 0.180 e. The van der Waals surface area contributed by atoms with Crippen molar-refractivity contribution in [2.75, 3.05) is 26.2 Å². The van der Waals surface area contributed by atoms with Crippen molar-refractivity contribution in [1.82, 2.24) is 20.1 Å². The van der Waals surface area contributed by atoms with Crippen LogP contribution in [0.15, 0.2) is 24.3 Å².